The van der Waals surface area contributed by atoms with Gasteiger partial charge < -0.3 is 5.32 Å². The molecule has 0 aliphatic rings. The van der Waals surface area contributed by atoms with Gasteiger partial charge in [0.25, 0.3) is 5.56 Å². The van der Waals surface area contributed by atoms with Gasteiger partial charge >= 0.3 is 0 Å². The molecule has 0 spiro atoms. The Kier molecular flexibility index (Phi) is 3.49. The molecule has 1 N–H and O–H groups in total. The van der Waals surface area contributed by atoms with Crippen molar-refractivity contribution in [2.45, 2.75) is 25.9 Å². The lowest BCUT2D eigenvalue weighted by atomic mass is 10.2. The molecule has 1 atom stereocenters. The maximum absolute atomic E-state index is 12.1. The third-order valence-corrected chi connectivity index (χ3v) is 2.92. The number of fused-ring (bicyclic) bond motifs is 1. The number of hydrogen-bond donors (Lipinski definition) is 1. The first kappa shape index (κ1) is 11.7. The lowest BCUT2D eigenvalue weighted by molar-refractivity contribution is 0.420. The fraction of sp³-hybridized carbons (Fsp3) is 0.417. The van der Waals surface area contributed by atoms with Gasteiger partial charge in [-0.1, -0.05) is 24.3 Å². The second-order valence-corrected chi connectivity index (χ2v) is 3.99. The molecule has 0 aliphatic carbocycles. The molecule has 0 amide bonds. The largest absolute Gasteiger partial charge is 0.315 e. The van der Waals surface area contributed by atoms with Gasteiger partial charge in [0.15, 0.2) is 0 Å². The van der Waals surface area contributed by atoms with E-state index in [0.29, 0.717) is 17.4 Å². The second-order valence-electron chi connectivity index (χ2n) is 3.99. The van der Waals surface area contributed by atoms with Gasteiger partial charge in [0, 0.05) is 6.04 Å². The highest BCUT2D eigenvalue weighted by molar-refractivity contribution is 5.76. The summed E-state index contributed by atoms with van der Waals surface area (Å²) in [6, 6.07) is 7.50. The van der Waals surface area contributed by atoms with Crippen LogP contribution in [0.5, 0.6) is 0 Å². The first-order valence-corrected chi connectivity index (χ1v) is 5.76. The van der Waals surface area contributed by atoms with E-state index in [-0.39, 0.29) is 11.6 Å². The van der Waals surface area contributed by atoms with Crippen molar-refractivity contribution >= 4 is 10.9 Å². The molecule has 1 aromatic carbocycles. The van der Waals surface area contributed by atoms with E-state index >= 15 is 0 Å². The monoisotopic (exact) mass is 232 g/mol. The van der Waals surface area contributed by atoms with Gasteiger partial charge in [0.2, 0.25) is 0 Å². The molecule has 90 valence electrons. The molecule has 17 heavy (non-hydrogen) atoms. The van der Waals surface area contributed by atoms with Crippen LogP contribution in [0.3, 0.4) is 0 Å². The van der Waals surface area contributed by atoms with Gasteiger partial charge in [-0.15, -0.1) is 5.10 Å². The summed E-state index contributed by atoms with van der Waals surface area (Å²) in [6.07, 6.45) is 0.942. The highest BCUT2D eigenvalue weighted by atomic mass is 16.1. The van der Waals surface area contributed by atoms with E-state index in [4.69, 9.17) is 0 Å². The Morgan fingerprint density at radius 3 is 2.88 bits per heavy atom. The van der Waals surface area contributed by atoms with Crippen LogP contribution in [0.15, 0.2) is 29.1 Å². The number of aromatic nitrogens is 3. The maximum Gasteiger partial charge on any atom is 0.277 e. The van der Waals surface area contributed by atoms with Crippen LogP contribution in [0.4, 0.5) is 0 Å². The summed E-state index contributed by atoms with van der Waals surface area (Å²) < 4.78 is 1.42. The van der Waals surface area contributed by atoms with E-state index < -0.39 is 0 Å². The lowest BCUT2D eigenvalue weighted by Crippen LogP contribution is -2.35. The van der Waals surface area contributed by atoms with Crippen molar-refractivity contribution in [1.29, 1.82) is 0 Å². The predicted molar refractivity (Wildman–Crippen MR) is 66.9 cm³/mol. The van der Waals surface area contributed by atoms with Crippen LogP contribution in [0, 0.1) is 0 Å². The molecule has 0 bridgehead atoms. The Morgan fingerprint density at radius 1 is 1.41 bits per heavy atom. The van der Waals surface area contributed by atoms with Crippen molar-refractivity contribution < 1.29 is 0 Å². The van der Waals surface area contributed by atoms with Crippen LogP contribution in [-0.4, -0.2) is 28.1 Å². The van der Waals surface area contributed by atoms with E-state index in [1.54, 1.807) is 12.1 Å². The Labute approximate surface area is 99.5 Å². The molecule has 2 rings (SSSR count). The zero-order valence-corrected chi connectivity index (χ0v) is 10.1. The number of nitrogens with one attached hydrogen (secondary N) is 1. The highest BCUT2D eigenvalue weighted by Gasteiger charge is 2.09. The van der Waals surface area contributed by atoms with Crippen molar-refractivity contribution in [1.82, 2.24) is 20.3 Å². The van der Waals surface area contributed by atoms with E-state index in [0.717, 1.165) is 6.42 Å². The molecule has 0 aliphatic heterocycles. The van der Waals surface area contributed by atoms with Crippen LogP contribution in [0.25, 0.3) is 10.9 Å². The summed E-state index contributed by atoms with van der Waals surface area (Å²) in [6.45, 7) is 2.62. The zero-order chi connectivity index (χ0) is 12.3. The summed E-state index contributed by atoms with van der Waals surface area (Å²) >= 11 is 0. The normalized spacial score (nSPS) is 12.8. The van der Waals surface area contributed by atoms with Crippen LogP contribution in [0.2, 0.25) is 0 Å². The first-order valence-electron chi connectivity index (χ1n) is 5.76. The Morgan fingerprint density at radius 2 is 2.18 bits per heavy atom. The van der Waals surface area contributed by atoms with Gasteiger partial charge in [-0.2, -0.15) is 0 Å². The van der Waals surface area contributed by atoms with Crippen LogP contribution >= 0.6 is 0 Å². The average molecular weight is 232 g/mol. The van der Waals surface area contributed by atoms with Gasteiger partial charge in [-0.3, -0.25) is 4.79 Å². The van der Waals surface area contributed by atoms with Crippen molar-refractivity contribution in [2.75, 3.05) is 7.05 Å². The van der Waals surface area contributed by atoms with Gasteiger partial charge in [-0.25, -0.2) is 4.68 Å². The molecule has 0 saturated heterocycles. The molecule has 0 fully saturated rings. The molecule has 5 nitrogen and oxygen atoms in total. The van der Waals surface area contributed by atoms with Crippen LogP contribution in [-0.2, 0) is 6.54 Å². The Hall–Kier alpha value is -1.75. The van der Waals surface area contributed by atoms with Gasteiger partial charge in [-0.05, 0) is 25.6 Å². The number of hydrogen-bond acceptors (Lipinski definition) is 4. The standard InChI is InChI=1S/C12H16N4O/c1-3-9(13-2)8-16-12(17)10-6-4-5-7-11(10)14-15-16/h4-7,9,13H,3,8H2,1-2H3. The molecule has 1 unspecified atom stereocenters. The predicted octanol–water partition coefficient (Wildman–Crippen LogP) is 0.789. The quantitative estimate of drug-likeness (QED) is 0.846. The van der Waals surface area contributed by atoms with E-state index in [2.05, 4.69) is 22.6 Å². The van der Waals surface area contributed by atoms with Crippen molar-refractivity contribution in [2.24, 2.45) is 0 Å². The molecule has 2 aromatic rings. The smallest absolute Gasteiger partial charge is 0.277 e. The first-order chi connectivity index (χ1) is 8.26. The van der Waals surface area contributed by atoms with Crippen LogP contribution < -0.4 is 10.9 Å². The number of benzene rings is 1. The number of likely N-dealkylation sites (N-methyl/N-ethyl adjacent to an activating group) is 1. The minimum atomic E-state index is -0.0794. The molecule has 0 saturated carbocycles. The third kappa shape index (κ3) is 2.34. The third-order valence-electron chi connectivity index (χ3n) is 2.92. The summed E-state index contributed by atoms with van der Waals surface area (Å²) in [7, 11) is 1.88. The van der Waals surface area contributed by atoms with Crippen molar-refractivity contribution in [3.63, 3.8) is 0 Å². The Balaban J connectivity index is 2.42. The molecule has 1 heterocycles. The average Bonchev–Trinajstić information content (AvgIpc) is 2.38. The lowest BCUT2D eigenvalue weighted by Gasteiger charge is -2.13. The van der Waals surface area contributed by atoms with Gasteiger partial charge in [0.1, 0.15) is 5.52 Å². The maximum atomic E-state index is 12.1. The number of nitrogens with zero attached hydrogens (tertiary/aromatic N) is 3. The molecular weight excluding hydrogens is 216 g/mol. The fourth-order valence-corrected chi connectivity index (χ4v) is 1.78. The van der Waals surface area contributed by atoms with Crippen molar-refractivity contribution in [3.05, 3.63) is 34.6 Å². The summed E-state index contributed by atoms with van der Waals surface area (Å²) in [5, 5.41) is 11.8. The molecule has 5 heteroatoms. The Bertz CT molecular complexity index is 560. The highest BCUT2D eigenvalue weighted by Crippen LogP contribution is 2.03. The minimum absolute atomic E-state index is 0.0794. The van der Waals surface area contributed by atoms with E-state index in [9.17, 15) is 4.79 Å². The van der Waals surface area contributed by atoms with Crippen molar-refractivity contribution in [3.8, 4) is 0 Å². The van der Waals surface area contributed by atoms with E-state index in [1.807, 2.05) is 19.2 Å². The SMILES string of the molecule is CCC(Cn1nnc2ccccc2c1=O)NC. The second kappa shape index (κ2) is 5.05. The minimum Gasteiger partial charge on any atom is -0.315 e. The summed E-state index contributed by atoms with van der Waals surface area (Å²) in [5.41, 5.74) is 0.565. The fourth-order valence-electron chi connectivity index (χ4n) is 1.78. The van der Waals surface area contributed by atoms with Crippen LogP contribution in [0.1, 0.15) is 13.3 Å². The molecule has 0 radical (unpaired) electrons. The molecular formula is C12H16N4O. The van der Waals surface area contributed by atoms with Gasteiger partial charge in [0.05, 0.1) is 11.9 Å². The summed E-state index contributed by atoms with van der Waals surface area (Å²) in [5.74, 6) is 0. The number of rotatable bonds is 4. The molecule has 1 aromatic heterocycles. The zero-order valence-electron chi connectivity index (χ0n) is 10.1. The van der Waals surface area contributed by atoms with E-state index in [1.165, 1.54) is 4.68 Å². The summed E-state index contributed by atoms with van der Waals surface area (Å²) in [4.78, 5) is 12.1. The topological polar surface area (TPSA) is 59.8 Å².